The number of piperidine rings is 1. The minimum Gasteiger partial charge on any atom is -0.302 e. The molecule has 2 fully saturated rings. The summed E-state index contributed by atoms with van der Waals surface area (Å²) < 4.78 is 40.5. The maximum Gasteiger partial charge on any atom is 0.261 e. The topological polar surface area (TPSA) is 49.4 Å². The number of alkyl halides is 1. The maximum absolute atomic E-state index is 12.7. The molecule has 4 nitrogen and oxygen atoms in total. The van der Waals surface area contributed by atoms with E-state index in [1.165, 1.54) is 12.0 Å². The highest BCUT2D eigenvalue weighted by atomic mass is 35.5. The zero-order valence-electron chi connectivity index (χ0n) is 17.5. The van der Waals surface area contributed by atoms with E-state index in [4.69, 9.17) is 0 Å². The molecule has 7 heteroatoms. The van der Waals surface area contributed by atoms with Crippen LogP contribution in [0.2, 0.25) is 0 Å². The minimum absolute atomic E-state index is 0. The molecule has 2 aromatic carbocycles. The highest BCUT2D eigenvalue weighted by Gasteiger charge is 2.60. The lowest BCUT2D eigenvalue weighted by Crippen LogP contribution is -2.27. The van der Waals surface area contributed by atoms with Crippen molar-refractivity contribution in [1.29, 1.82) is 0 Å². The van der Waals surface area contributed by atoms with Crippen molar-refractivity contribution in [3.05, 3.63) is 59.7 Å². The molecule has 2 aliphatic rings. The van der Waals surface area contributed by atoms with Crippen LogP contribution in [0.3, 0.4) is 0 Å². The quantitative estimate of drug-likeness (QED) is 0.615. The first kappa shape index (κ1) is 23.0. The van der Waals surface area contributed by atoms with Crippen molar-refractivity contribution in [1.82, 2.24) is 4.90 Å². The van der Waals surface area contributed by atoms with Crippen molar-refractivity contribution in [2.45, 2.75) is 42.9 Å². The van der Waals surface area contributed by atoms with Gasteiger partial charge in [0.2, 0.25) is 0 Å². The summed E-state index contributed by atoms with van der Waals surface area (Å²) in [6.45, 7) is 6.74. The van der Waals surface area contributed by atoms with E-state index in [1.54, 1.807) is 12.1 Å². The molecule has 1 saturated heterocycles. The monoisotopic (exact) mass is 452 g/mol. The summed E-state index contributed by atoms with van der Waals surface area (Å²) in [6.07, 6.45) is 1.77. The highest BCUT2D eigenvalue weighted by Crippen LogP contribution is 2.59. The number of anilines is 1. The van der Waals surface area contributed by atoms with Gasteiger partial charge < -0.3 is 4.90 Å². The molecule has 1 aliphatic carbocycles. The van der Waals surface area contributed by atoms with Crippen molar-refractivity contribution in [2.75, 3.05) is 31.0 Å². The summed E-state index contributed by atoms with van der Waals surface area (Å²) in [6, 6.07) is 14.8. The van der Waals surface area contributed by atoms with Gasteiger partial charge in [-0.25, -0.2) is 8.42 Å². The second-order valence-electron chi connectivity index (χ2n) is 8.74. The summed E-state index contributed by atoms with van der Waals surface area (Å²) in [5.74, 6) is 1.01. The number of rotatable bonds is 8. The van der Waals surface area contributed by atoms with Crippen LogP contribution in [0.4, 0.5) is 10.1 Å². The van der Waals surface area contributed by atoms with E-state index in [1.807, 2.05) is 36.4 Å². The Morgan fingerprint density at radius 3 is 2.40 bits per heavy atom. The molecule has 1 saturated carbocycles. The summed E-state index contributed by atoms with van der Waals surface area (Å²) in [7, 11) is -3.61. The maximum atomic E-state index is 12.7. The van der Waals surface area contributed by atoms with Crippen LogP contribution in [0.1, 0.15) is 43.7 Å². The Bertz CT molecular complexity index is 964. The number of nitrogens with one attached hydrogen (secondary N) is 1. The van der Waals surface area contributed by atoms with Crippen LogP contribution >= 0.6 is 12.4 Å². The normalized spacial score (nSPS) is 23.1. The van der Waals surface area contributed by atoms with Crippen LogP contribution in [0.15, 0.2) is 53.4 Å². The Kier molecular flexibility index (Phi) is 6.80. The Balaban J connectivity index is 0.00000256. The summed E-state index contributed by atoms with van der Waals surface area (Å²) in [5, 5.41) is 0. The standard InChI is InChI=1S/C23H29FN2O2S.ClH/c1-17(2)18-4-10-22(11-5-18)29(27,28)25-21-8-6-19(7-9-21)23-14-20(23)15-26(16-23)13-3-12-24;/h4-11,17,20,25H,3,12-16H2,1-2H3;1H/t20-,23?;/m1./s1. The molecule has 164 valence electrons. The van der Waals surface area contributed by atoms with Crippen molar-refractivity contribution in [3.63, 3.8) is 0 Å². The van der Waals surface area contributed by atoms with Gasteiger partial charge in [-0.15, -0.1) is 12.4 Å². The Labute approximate surface area is 185 Å². The molecular formula is C23H30ClFN2O2S. The predicted molar refractivity (Wildman–Crippen MR) is 122 cm³/mol. The fraction of sp³-hybridized carbons (Fsp3) is 0.478. The molecule has 4 rings (SSSR count). The molecule has 1 N–H and O–H groups in total. The number of hydrogen-bond donors (Lipinski definition) is 1. The largest absolute Gasteiger partial charge is 0.302 e. The zero-order chi connectivity index (χ0) is 20.6. The third-order valence-corrected chi connectivity index (χ3v) is 7.79. The molecule has 0 amide bonds. The van der Waals surface area contributed by atoms with E-state index < -0.39 is 10.0 Å². The van der Waals surface area contributed by atoms with E-state index in [9.17, 15) is 12.8 Å². The van der Waals surface area contributed by atoms with Crippen LogP contribution in [0, 0.1) is 5.92 Å². The van der Waals surface area contributed by atoms with Gasteiger partial charge in [0.1, 0.15) is 0 Å². The Morgan fingerprint density at radius 2 is 1.80 bits per heavy atom. The SMILES string of the molecule is CC(C)c1ccc(S(=O)(=O)Nc2ccc(C34C[C@@H]3CN(CCCF)C4)cc2)cc1.Cl. The second-order valence-corrected chi connectivity index (χ2v) is 10.4. The number of benzene rings is 2. The van der Waals surface area contributed by atoms with Crippen LogP contribution < -0.4 is 4.72 Å². The van der Waals surface area contributed by atoms with Crippen molar-refractivity contribution < 1.29 is 12.8 Å². The molecule has 1 heterocycles. The predicted octanol–water partition coefficient (Wildman–Crippen LogP) is 4.97. The number of likely N-dealkylation sites (tertiary alicyclic amines) is 1. The highest BCUT2D eigenvalue weighted by molar-refractivity contribution is 7.92. The second kappa shape index (κ2) is 8.85. The van der Waals surface area contributed by atoms with Gasteiger partial charge in [0, 0.05) is 30.7 Å². The van der Waals surface area contributed by atoms with Crippen LogP contribution in [0.5, 0.6) is 0 Å². The number of fused-ring (bicyclic) bond motifs is 1. The fourth-order valence-electron chi connectivity index (χ4n) is 4.60. The molecule has 2 atom stereocenters. The van der Waals surface area contributed by atoms with Gasteiger partial charge in [0.05, 0.1) is 11.6 Å². The zero-order valence-corrected chi connectivity index (χ0v) is 19.1. The molecular weight excluding hydrogens is 423 g/mol. The molecule has 0 spiro atoms. The molecule has 0 radical (unpaired) electrons. The van der Waals surface area contributed by atoms with E-state index >= 15 is 0 Å². The molecule has 1 aliphatic heterocycles. The van der Waals surface area contributed by atoms with E-state index in [-0.39, 0.29) is 29.4 Å². The summed E-state index contributed by atoms with van der Waals surface area (Å²) in [4.78, 5) is 2.62. The first-order valence-electron chi connectivity index (χ1n) is 10.4. The van der Waals surface area contributed by atoms with Gasteiger partial charge >= 0.3 is 0 Å². The summed E-state index contributed by atoms with van der Waals surface area (Å²) in [5.41, 5.74) is 3.13. The van der Waals surface area contributed by atoms with Crippen LogP contribution in [0.25, 0.3) is 0 Å². The molecule has 30 heavy (non-hydrogen) atoms. The Morgan fingerprint density at radius 1 is 1.13 bits per heavy atom. The average Bonchev–Trinajstić information content (AvgIpc) is 3.28. The number of hydrogen-bond acceptors (Lipinski definition) is 3. The van der Waals surface area contributed by atoms with Gasteiger partial charge in [0.25, 0.3) is 10.0 Å². The van der Waals surface area contributed by atoms with Crippen molar-refractivity contribution in [2.24, 2.45) is 5.92 Å². The first-order valence-corrected chi connectivity index (χ1v) is 11.8. The van der Waals surface area contributed by atoms with E-state index in [0.717, 1.165) is 25.2 Å². The fourth-order valence-corrected chi connectivity index (χ4v) is 5.66. The molecule has 0 bridgehead atoms. The lowest BCUT2D eigenvalue weighted by atomic mass is 9.95. The van der Waals surface area contributed by atoms with Gasteiger partial charge in [-0.05, 0) is 60.1 Å². The van der Waals surface area contributed by atoms with E-state index in [2.05, 4.69) is 23.5 Å². The van der Waals surface area contributed by atoms with Crippen LogP contribution in [-0.2, 0) is 15.4 Å². The smallest absolute Gasteiger partial charge is 0.261 e. The van der Waals surface area contributed by atoms with Crippen LogP contribution in [-0.4, -0.2) is 39.6 Å². The van der Waals surface area contributed by atoms with Crippen molar-refractivity contribution >= 4 is 28.1 Å². The number of nitrogens with zero attached hydrogens (tertiary/aromatic N) is 1. The first-order chi connectivity index (χ1) is 13.8. The molecule has 0 aromatic heterocycles. The molecule has 1 unspecified atom stereocenters. The molecule has 2 aromatic rings. The lowest BCUT2D eigenvalue weighted by molar-refractivity contribution is 0.280. The average molecular weight is 453 g/mol. The minimum atomic E-state index is -3.61. The lowest BCUT2D eigenvalue weighted by Gasteiger charge is -2.20. The van der Waals surface area contributed by atoms with Gasteiger partial charge in [-0.3, -0.25) is 9.11 Å². The van der Waals surface area contributed by atoms with Gasteiger partial charge in [0.15, 0.2) is 0 Å². The number of halogens is 2. The van der Waals surface area contributed by atoms with Gasteiger partial charge in [-0.1, -0.05) is 38.1 Å². The third kappa shape index (κ3) is 4.51. The van der Waals surface area contributed by atoms with E-state index in [0.29, 0.717) is 23.9 Å². The van der Waals surface area contributed by atoms with Crippen molar-refractivity contribution in [3.8, 4) is 0 Å². The number of sulfonamides is 1. The third-order valence-electron chi connectivity index (χ3n) is 6.39. The van der Waals surface area contributed by atoms with Gasteiger partial charge in [-0.2, -0.15) is 0 Å². The Hall–Kier alpha value is -1.63. The summed E-state index contributed by atoms with van der Waals surface area (Å²) >= 11 is 0.